The number of rotatable bonds is 0. The maximum Gasteiger partial charge on any atom is 0.410 e. The average molecular weight is 265 g/mol. The third kappa shape index (κ3) is 1.92. The maximum atomic E-state index is 12.3. The Morgan fingerprint density at radius 1 is 1.47 bits per heavy atom. The summed E-state index contributed by atoms with van der Waals surface area (Å²) in [5.74, 6) is 0.399. The molecule has 104 valence electrons. The Kier molecular flexibility index (Phi) is 2.63. The molecule has 0 aromatic carbocycles. The van der Waals surface area contributed by atoms with Gasteiger partial charge in [0, 0.05) is 6.54 Å². The second-order valence-corrected chi connectivity index (χ2v) is 6.99. The number of hydrogen-bond donors (Lipinski definition) is 0. The Labute approximate surface area is 114 Å². The van der Waals surface area contributed by atoms with Crippen LogP contribution in [0.2, 0.25) is 5.82 Å². The minimum atomic E-state index is -0.511. The van der Waals surface area contributed by atoms with E-state index in [1.54, 1.807) is 4.90 Å². The number of nitrogens with zero attached hydrogens (tertiary/aromatic N) is 1. The third-order valence-corrected chi connectivity index (χ3v) is 4.54. The van der Waals surface area contributed by atoms with Crippen LogP contribution in [0.4, 0.5) is 4.79 Å². The van der Waals surface area contributed by atoms with Crippen LogP contribution in [-0.4, -0.2) is 49.1 Å². The molecule has 5 atom stereocenters. The van der Waals surface area contributed by atoms with E-state index in [0.29, 0.717) is 18.3 Å². The van der Waals surface area contributed by atoms with Gasteiger partial charge in [0.25, 0.3) is 0 Å². The van der Waals surface area contributed by atoms with E-state index in [1.165, 1.54) is 0 Å². The van der Waals surface area contributed by atoms with E-state index in [-0.39, 0.29) is 30.1 Å². The van der Waals surface area contributed by atoms with Crippen molar-refractivity contribution in [3.05, 3.63) is 0 Å². The number of ether oxygens (including phenoxy) is 2. The zero-order chi connectivity index (χ0) is 13.9. The SMILES string of the molecule is BC1C2CC3C(=O)OC1C3N(C(=O)OC(C)(C)C)C2. The highest BCUT2D eigenvalue weighted by Gasteiger charge is 2.61. The first kappa shape index (κ1) is 12.8. The molecule has 6 heteroatoms. The Balaban J connectivity index is 1.83. The van der Waals surface area contributed by atoms with E-state index < -0.39 is 5.60 Å². The minimum Gasteiger partial charge on any atom is -0.460 e. The molecule has 1 saturated carbocycles. The van der Waals surface area contributed by atoms with Gasteiger partial charge in [-0.1, -0.05) is 0 Å². The van der Waals surface area contributed by atoms with Crippen molar-refractivity contribution in [1.82, 2.24) is 4.90 Å². The molecular formula is C13H20BNO4. The van der Waals surface area contributed by atoms with Crippen molar-refractivity contribution in [3.63, 3.8) is 0 Å². The summed E-state index contributed by atoms with van der Waals surface area (Å²) in [5.41, 5.74) is -0.511. The number of carbonyl (C=O) groups is 2. The zero-order valence-electron chi connectivity index (χ0n) is 11.9. The average Bonchev–Trinajstić information content (AvgIpc) is 2.57. The van der Waals surface area contributed by atoms with E-state index in [0.717, 1.165) is 6.42 Å². The Morgan fingerprint density at radius 2 is 2.16 bits per heavy atom. The van der Waals surface area contributed by atoms with E-state index in [1.807, 2.05) is 20.8 Å². The topological polar surface area (TPSA) is 55.8 Å². The van der Waals surface area contributed by atoms with Gasteiger partial charge >= 0.3 is 12.1 Å². The van der Waals surface area contributed by atoms with E-state index >= 15 is 0 Å². The fourth-order valence-corrected chi connectivity index (χ4v) is 3.65. The first-order valence-corrected chi connectivity index (χ1v) is 6.98. The first-order chi connectivity index (χ1) is 8.78. The summed E-state index contributed by atoms with van der Waals surface area (Å²) in [4.78, 5) is 25.8. The lowest BCUT2D eigenvalue weighted by Gasteiger charge is -2.50. The highest BCUT2D eigenvalue weighted by atomic mass is 16.6. The molecule has 4 bridgehead atoms. The summed E-state index contributed by atoms with van der Waals surface area (Å²) >= 11 is 0. The van der Waals surface area contributed by atoms with Gasteiger partial charge in [-0.3, -0.25) is 4.79 Å². The molecule has 4 rings (SSSR count). The Hall–Kier alpha value is -1.20. The Bertz CT molecular complexity index is 433. The van der Waals surface area contributed by atoms with Crippen LogP contribution in [0, 0.1) is 11.8 Å². The van der Waals surface area contributed by atoms with Gasteiger partial charge in [0.1, 0.15) is 19.6 Å². The zero-order valence-corrected chi connectivity index (χ0v) is 11.9. The van der Waals surface area contributed by atoms with Gasteiger partial charge in [0.15, 0.2) is 0 Å². The van der Waals surface area contributed by atoms with E-state index in [4.69, 9.17) is 9.47 Å². The summed E-state index contributed by atoms with van der Waals surface area (Å²) in [7, 11) is 2.11. The maximum absolute atomic E-state index is 12.3. The lowest BCUT2D eigenvalue weighted by atomic mass is 9.59. The van der Waals surface area contributed by atoms with Gasteiger partial charge in [0.05, 0.1) is 12.0 Å². The molecule has 3 heterocycles. The summed E-state index contributed by atoms with van der Waals surface area (Å²) < 4.78 is 10.9. The number of piperidine rings is 2. The van der Waals surface area contributed by atoms with Crippen molar-refractivity contribution in [2.45, 2.75) is 50.8 Å². The van der Waals surface area contributed by atoms with Crippen LogP contribution in [0.5, 0.6) is 0 Å². The molecule has 4 aliphatic rings. The predicted octanol–water partition coefficient (Wildman–Crippen LogP) is 0.589. The van der Waals surface area contributed by atoms with Crippen molar-refractivity contribution >= 4 is 19.9 Å². The molecule has 0 N–H and O–H groups in total. The van der Waals surface area contributed by atoms with Crippen LogP contribution >= 0.6 is 0 Å². The summed E-state index contributed by atoms with van der Waals surface area (Å²) in [5, 5.41) is 0. The van der Waals surface area contributed by atoms with E-state index in [2.05, 4.69) is 7.85 Å². The van der Waals surface area contributed by atoms with Crippen LogP contribution < -0.4 is 0 Å². The lowest BCUT2D eigenvalue weighted by Crippen LogP contribution is -2.61. The number of esters is 1. The highest BCUT2D eigenvalue weighted by Crippen LogP contribution is 2.50. The molecule has 1 aliphatic carbocycles. The number of hydrogen-bond acceptors (Lipinski definition) is 4. The summed E-state index contributed by atoms with van der Waals surface area (Å²) in [6, 6.07) is -0.123. The summed E-state index contributed by atoms with van der Waals surface area (Å²) in [6.45, 7) is 6.24. The smallest absolute Gasteiger partial charge is 0.410 e. The van der Waals surface area contributed by atoms with Crippen molar-refractivity contribution in [1.29, 1.82) is 0 Å². The Morgan fingerprint density at radius 3 is 2.79 bits per heavy atom. The number of fused-ring (bicyclic) bond motifs is 1. The fraction of sp³-hybridized carbons (Fsp3) is 0.846. The van der Waals surface area contributed by atoms with Crippen LogP contribution in [0.15, 0.2) is 0 Å². The quantitative estimate of drug-likeness (QED) is 0.475. The predicted molar refractivity (Wildman–Crippen MR) is 70.5 cm³/mol. The molecule has 0 radical (unpaired) electrons. The third-order valence-electron chi connectivity index (χ3n) is 4.54. The normalized spacial score (nSPS) is 40.3. The van der Waals surface area contributed by atoms with Gasteiger partial charge in [-0.05, 0) is 38.9 Å². The second-order valence-electron chi connectivity index (χ2n) is 6.99. The van der Waals surface area contributed by atoms with Crippen LogP contribution in [0.25, 0.3) is 0 Å². The minimum absolute atomic E-state index is 0.123. The van der Waals surface area contributed by atoms with Gasteiger partial charge in [-0.25, -0.2) is 4.79 Å². The van der Waals surface area contributed by atoms with Crippen molar-refractivity contribution in [3.8, 4) is 0 Å². The van der Waals surface area contributed by atoms with Crippen LogP contribution in [-0.2, 0) is 14.3 Å². The largest absolute Gasteiger partial charge is 0.460 e. The van der Waals surface area contributed by atoms with Crippen LogP contribution in [0.1, 0.15) is 27.2 Å². The number of carbonyl (C=O) groups excluding carboxylic acids is 2. The molecular weight excluding hydrogens is 245 g/mol. The van der Waals surface area contributed by atoms with Gasteiger partial charge in [-0.15, -0.1) is 0 Å². The molecule has 5 nitrogen and oxygen atoms in total. The first-order valence-electron chi connectivity index (χ1n) is 6.98. The fourth-order valence-electron chi connectivity index (χ4n) is 3.65. The highest BCUT2D eigenvalue weighted by molar-refractivity contribution is 6.13. The molecule has 4 fully saturated rings. The van der Waals surface area contributed by atoms with Crippen molar-refractivity contribution in [2.24, 2.45) is 11.8 Å². The molecule has 0 spiro atoms. The van der Waals surface area contributed by atoms with Gasteiger partial charge < -0.3 is 14.4 Å². The monoisotopic (exact) mass is 265 g/mol. The molecule has 3 saturated heterocycles. The molecule has 19 heavy (non-hydrogen) atoms. The van der Waals surface area contributed by atoms with Crippen LogP contribution in [0.3, 0.4) is 0 Å². The molecule has 5 unspecified atom stereocenters. The van der Waals surface area contributed by atoms with Gasteiger partial charge in [0.2, 0.25) is 0 Å². The second kappa shape index (κ2) is 3.90. The molecule has 0 aromatic heterocycles. The standard InChI is InChI=1S/C13H20BNO4/c1-13(2,3)19-12(17)15-5-6-4-7-9(15)10(8(6)14)18-11(7)16/h6-10H,4-5,14H2,1-3H3. The molecule has 3 aliphatic heterocycles. The van der Waals surface area contributed by atoms with Crippen molar-refractivity contribution < 1.29 is 19.1 Å². The van der Waals surface area contributed by atoms with Crippen molar-refractivity contribution in [2.75, 3.05) is 6.54 Å². The summed E-state index contributed by atoms with van der Waals surface area (Å²) in [6.07, 6.45) is 0.389. The lowest BCUT2D eigenvalue weighted by molar-refractivity contribution is -0.143. The molecule has 1 amide bonds. The van der Waals surface area contributed by atoms with E-state index in [9.17, 15) is 9.59 Å². The van der Waals surface area contributed by atoms with Gasteiger partial charge in [-0.2, -0.15) is 0 Å². The molecule has 0 aromatic rings. The number of amides is 1.